The van der Waals surface area contributed by atoms with Gasteiger partial charge in [-0.25, -0.2) is 4.79 Å². The lowest BCUT2D eigenvalue weighted by Crippen LogP contribution is -2.53. The van der Waals surface area contributed by atoms with Crippen LogP contribution < -0.4 is 10.1 Å². The van der Waals surface area contributed by atoms with E-state index < -0.39 is 17.4 Å². The van der Waals surface area contributed by atoms with Gasteiger partial charge in [-0.2, -0.15) is 0 Å². The second kappa shape index (κ2) is 6.05. The maximum atomic E-state index is 11.6. The van der Waals surface area contributed by atoms with Crippen LogP contribution in [0.5, 0.6) is 5.75 Å². The lowest BCUT2D eigenvalue weighted by molar-refractivity contribution is -0.147. The van der Waals surface area contributed by atoms with Crippen LogP contribution in [0.15, 0.2) is 30.3 Å². The van der Waals surface area contributed by atoms with Crippen molar-refractivity contribution in [2.45, 2.75) is 25.8 Å². The summed E-state index contributed by atoms with van der Waals surface area (Å²) in [5.41, 5.74) is -1.25. The number of hydrogen-bond acceptors (Lipinski definition) is 3. The Labute approximate surface area is 106 Å². The zero-order chi connectivity index (χ0) is 13.6. The van der Waals surface area contributed by atoms with Crippen molar-refractivity contribution in [2.24, 2.45) is 0 Å². The molecule has 1 aromatic rings. The molecular formula is C13H17NO4. The molecule has 2 N–H and O–H groups in total. The third-order valence-corrected chi connectivity index (χ3v) is 2.71. The second-order valence-corrected chi connectivity index (χ2v) is 4.14. The Morgan fingerprint density at radius 1 is 1.33 bits per heavy atom. The van der Waals surface area contributed by atoms with Crippen molar-refractivity contribution < 1.29 is 19.4 Å². The van der Waals surface area contributed by atoms with Gasteiger partial charge < -0.3 is 15.2 Å². The second-order valence-electron chi connectivity index (χ2n) is 4.14. The summed E-state index contributed by atoms with van der Waals surface area (Å²) in [5, 5.41) is 11.5. The maximum Gasteiger partial charge on any atom is 0.329 e. The van der Waals surface area contributed by atoms with Gasteiger partial charge in [0.1, 0.15) is 11.3 Å². The third kappa shape index (κ3) is 3.76. The number of para-hydroxylation sites is 1. The first-order chi connectivity index (χ1) is 8.48. The van der Waals surface area contributed by atoms with Crippen LogP contribution in [-0.4, -0.2) is 29.1 Å². The molecule has 5 heteroatoms. The van der Waals surface area contributed by atoms with Crippen LogP contribution >= 0.6 is 0 Å². The summed E-state index contributed by atoms with van der Waals surface area (Å²) in [6.45, 7) is 2.97. The molecule has 0 aliphatic rings. The van der Waals surface area contributed by atoms with Gasteiger partial charge in [0.05, 0.1) is 0 Å². The fourth-order valence-electron chi connectivity index (χ4n) is 1.30. The van der Waals surface area contributed by atoms with Gasteiger partial charge in [-0.05, 0) is 25.5 Å². The molecular weight excluding hydrogens is 234 g/mol. The molecule has 1 rings (SSSR count). The predicted molar refractivity (Wildman–Crippen MR) is 66.4 cm³/mol. The molecule has 0 heterocycles. The van der Waals surface area contributed by atoms with Crippen LogP contribution in [0.1, 0.15) is 20.3 Å². The fourth-order valence-corrected chi connectivity index (χ4v) is 1.30. The average Bonchev–Trinajstić information content (AvgIpc) is 2.37. The minimum atomic E-state index is -1.25. The lowest BCUT2D eigenvalue weighted by Gasteiger charge is -2.24. The van der Waals surface area contributed by atoms with Crippen LogP contribution in [-0.2, 0) is 9.59 Å². The third-order valence-electron chi connectivity index (χ3n) is 2.71. The highest BCUT2D eigenvalue weighted by molar-refractivity contribution is 5.87. The number of rotatable bonds is 6. The fraction of sp³-hybridized carbons (Fsp3) is 0.385. The Morgan fingerprint density at radius 3 is 2.44 bits per heavy atom. The largest absolute Gasteiger partial charge is 0.484 e. The van der Waals surface area contributed by atoms with Gasteiger partial charge in [0.15, 0.2) is 6.61 Å². The highest BCUT2D eigenvalue weighted by Crippen LogP contribution is 2.10. The van der Waals surface area contributed by atoms with E-state index in [9.17, 15) is 9.59 Å². The van der Waals surface area contributed by atoms with Crippen molar-refractivity contribution in [3.05, 3.63) is 30.3 Å². The van der Waals surface area contributed by atoms with Crippen molar-refractivity contribution in [3.8, 4) is 5.75 Å². The SMILES string of the molecule is CCC(C)(NC(=O)COc1ccccc1)C(=O)O. The summed E-state index contributed by atoms with van der Waals surface area (Å²) in [4.78, 5) is 22.6. The van der Waals surface area contributed by atoms with Crippen LogP contribution in [0, 0.1) is 0 Å². The van der Waals surface area contributed by atoms with Gasteiger partial charge >= 0.3 is 5.97 Å². The van der Waals surface area contributed by atoms with Crippen molar-refractivity contribution in [3.63, 3.8) is 0 Å². The molecule has 0 aliphatic carbocycles. The summed E-state index contributed by atoms with van der Waals surface area (Å²) >= 11 is 0. The first-order valence-corrected chi connectivity index (χ1v) is 5.70. The van der Waals surface area contributed by atoms with E-state index in [1.54, 1.807) is 31.2 Å². The van der Waals surface area contributed by atoms with Gasteiger partial charge in [-0.1, -0.05) is 25.1 Å². The molecule has 0 fully saturated rings. The summed E-state index contributed by atoms with van der Waals surface area (Å²) in [5.74, 6) is -0.940. The number of carbonyl (C=O) groups excluding carboxylic acids is 1. The quantitative estimate of drug-likeness (QED) is 0.802. The highest BCUT2D eigenvalue weighted by Gasteiger charge is 2.32. The first-order valence-electron chi connectivity index (χ1n) is 5.70. The molecule has 1 aromatic carbocycles. The Bertz CT molecular complexity index is 418. The molecule has 98 valence electrons. The summed E-state index contributed by atoms with van der Waals surface area (Å²) in [6, 6.07) is 8.87. The number of ether oxygens (including phenoxy) is 1. The number of carboxylic acid groups (broad SMARTS) is 1. The molecule has 5 nitrogen and oxygen atoms in total. The zero-order valence-electron chi connectivity index (χ0n) is 10.5. The molecule has 0 saturated carbocycles. The molecule has 1 atom stereocenters. The monoisotopic (exact) mass is 251 g/mol. The number of hydrogen-bond donors (Lipinski definition) is 2. The number of carboxylic acids is 1. The van der Waals surface area contributed by atoms with Crippen molar-refractivity contribution in [1.82, 2.24) is 5.32 Å². The van der Waals surface area contributed by atoms with Crippen LogP contribution in [0.2, 0.25) is 0 Å². The molecule has 0 spiro atoms. The molecule has 0 aliphatic heterocycles. The van der Waals surface area contributed by atoms with Crippen molar-refractivity contribution in [2.75, 3.05) is 6.61 Å². The molecule has 0 saturated heterocycles. The summed E-state index contributed by atoms with van der Waals surface area (Å²) in [7, 11) is 0. The Morgan fingerprint density at radius 2 is 1.94 bits per heavy atom. The number of benzene rings is 1. The van der Waals surface area contributed by atoms with E-state index in [-0.39, 0.29) is 6.61 Å². The van der Waals surface area contributed by atoms with E-state index >= 15 is 0 Å². The Hall–Kier alpha value is -2.04. The lowest BCUT2D eigenvalue weighted by atomic mass is 9.99. The van der Waals surface area contributed by atoms with Gasteiger partial charge in [0.2, 0.25) is 0 Å². The molecule has 0 aromatic heterocycles. The van der Waals surface area contributed by atoms with Crippen molar-refractivity contribution in [1.29, 1.82) is 0 Å². The highest BCUT2D eigenvalue weighted by atomic mass is 16.5. The molecule has 18 heavy (non-hydrogen) atoms. The number of aliphatic carboxylic acids is 1. The van der Waals surface area contributed by atoms with E-state index in [1.165, 1.54) is 6.92 Å². The molecule has 1 unspecified atom stereocenters. The van der Waals surface area contributed by atoms with Gasteiger partial charge in [-0.3, -0.25) is 4.79 Å². The minimum Gasteiger partial charge on any atom is -0.484 e. The topological polar surface area (TPSA) is 75.6 Å². The predicted octanol–water partition coefficient (Wildman–Crippen LogP) is 1.43. The van der Waals surface area contributed by atoms with E-state index in [1.807, 2.05) is 6.07 Å². The standard InChI is InChI=1S/C13H17NO4/c1-3-13(2,12(16)17)14-11(15)9-18-10-7-5-4-6-8-10/h4-8H,3,9H2,1-2H3,(H,14,15)(H,16,17). The van der Waals surface area contributed by atoms with E-state index in [4.69, 9.17) is 9.84 Å². The smallest absolute Gasteiger partial charge is 0.329 e. The van der Waals surface area contributed by atoms with Crippen molar-refractivity contribution >= 4 is 11.9 Å². The molecule has 1 amide bonds. The number of nitrogens with one attached hydrogen (secondary N) is 1. The van der Waals surface area contributed by atoms with Gasteiger partial charge in [-0.15, -0.1) is 0 Å². The summed E-state index contributed by atoms with van der Waals surface area (Å²) in [6.07, 6.45) is 0.305. The zero-order valence-corrected chi connectivity index (χ0v) is 10.5. The van der Waals surface area contributed by atoms with E-state index in [2.05, 4.69) is 5.32 Å². The normalized spacial score (nSPS) is 13.4. The summed E-state index contributed by atoms with van der Waals surface area (Å²) < 4.78 is 5.23. The van der Waals surface area contributed by atoms with Crippen LogP contribution in [0.25, 0.3) is 0 Å². The first kappa shape index (κ1) is 14.0. The Kier molecular flexibility index (Phi) is 4.71. The van der Waals surface area contributed by atoms with Gasteiger partial charge in [0, 0.05) is 0 Å². The average molecular weight is 251 g/mol. The minimum absolute atomic E-state index is 0.202. The van der Waals surface area contributed by atoms with Crippen LogP contribution in [0.4, 0.5) is 0 Å². The number of carbonyl (C=O) groups is 2. The van der Waals surface area contributed by atoms with Crippen LogP contribution in [0.3, 0.4) is 0 Å². The maximum absolute atomic E-state index is 11.6. The van der Waals surface area contributed by atoms with E-state index in [0.717, 1.165) is 0 Å². The van der Waals surface area contributed by atoms with E-state index in [0.29, 0.717) is 12.2 Å². The van der Waals surface area contributed by atoms with Gasteiger partial charge in [0.25, 0.3) is 5.91 Å². The Balaban J connectivity index is 2.49. The molecule has 0 bridgehead atoms. The number of amides is 1. The molecule has 0 radical (unpaired) electrons.